The van der Waals surface area contributed by atoms with Crippen molar-refractivity contribution in [1.29, 1.82) is 5.26 Å². The number of hydrogen-bond donors (Lipinski definition) is 2. The van der Waals surface area contributed by atoms with Crippen LogP contribution in [-0.2, 0) is 9.53 Å². The monoisotopic (exact) mass is 229 g/mol. The molecule has 0 saturated heterocycles. The van der Waals surface area contributed by atoms with Gasteiger partial charge in [0, 0.05) is 20.2 Å². The summed E-state index contributed by atoms with van der Waals surface area (Å²) in [6.45, 7) is 0.482. The number of hydrogen-bond acceptors (Lipinski definition) is 4. The third kappa shape index (κ3) is 6.62. The van der Waals surface area contributed by atoms with E-state index < -0.39 is 18.5 Å². The first-order chi connectivity index (χ1) is 7.61. The second-order valence-corrected chi connectivity index (χ2v) is 2.94. The number of aliphatic carboxylic acids is 1. The van der Waals surface area contributed by atoms with Gasteiger partial charge in [-0.15, -0.1) is 0 Å². The number of methoxy groups -OCH3 is 1. The van der Waals surface area contributed by atoms with E-state index in [-0.39, 0.29) is 13.0 Å². The second kappa shape index (κ2) is 8.49. The average molecular weight is 229 g/mol. The highest BCUT2D eigenvalue weighted by molar-refractivity contribution is 5.79. The van der Waals surface area contributed by atoms with Crippen molar-refractivity contribution in [1.82, 2.24) is 10.2 Å². The minimum atomic E-state index is -1.11. The minimum Gasteiger partial charge on any atom is -0.480 e. The van der Waals surface area contributed by atoms with Gasteiger partial charge >= 0.3 is 12.0 Å². The van der Waals surface area contributed by atoms with Crippen molar-refractivity contribution in [3.63, 3.8) is 0 Å². The summed E-state index contributed by atoms with van der Waals surface area (Å²) >= 11 is 0. The third-order valence-electron chi connectivity index (χ3n) is 1.74. The van der Waals surface area contributed by atoms with E-state index in [1.165, 1.54) is 12.0 Å². The minimum absolute atomic E-state index is 0.199. The van der Waals surface area contributed by atoms with Gasteiger partial charge in [0.25, 0.3) is 0 Å². The van der Waals surface area contributed by atoms with Crippen molar-refractivity contribution in [2.75, 3.05) is 33.4 Å². The Morgan fingerprint density at radius 2 is 2.19 bits per heavy atom. The second-order valence-electron chi connectivity index (χ2n) is 2.94. The summed E-state index contributed by atoms with van der Waals surface area (Å²) in [5, 5.41) is 19.0. The van der Waals surface area contributed by atoms with Crippen LogP contribution in [0, 0.1) is 11.3 Å². The van der Waals surface area contributed by atoms with Crippen LogP contribution in [0.1, 0.15) is 6.42 Å². The molecule has 0 rings (SSSR count). The zero-order chi connectivity index (χ0) is 12.4. The lowest BCUT2D eigenvalue weighted by Crippen LogP contribution is -2.43. The van der Waals surface area contributed by atoms with Gasteiger partial charge in [-0.05, 0) is 0 Å². The number of nitrogens with one attached hydrogen (secondary N) is 1. The molecule has 2 N–H and O–H groups in total. The number of rotatable bonds is 7. The molecule has 7 nitrogen and oxygen atoms in total. The Bertz CT molecular complexity index is 274. The molecule has 0 heterocycles. The van der Waals surface area contributed by atoms with Gasteiger partial charge in [-0.2, -0.15) is 5.26 Å². The number of carboxylic acids is 1. The largest absolute Gasteiger partial charge is 0.480 e. The van der Waals surface area contributed by atoms with Crippen LogP contribution in [0.4, 0.5) is 4.79 Å². The number of carboxylic acid groups (broad SMARTS) is 1. The van der Waals surface area contributed by atoms with Crippen LogP contribution in [0.25, 0.3) is 0 Å². The fraction of sp³-hybridized carbons (Fsp3) is 0.667. The molecular formula is C9H15N3O4. The van der Waals surface area contributed by atoms with E-state index in [1.54, 1.807) is 0 Å². The number of nitrogens with zero attached hydrogens (tertiary/aromatic N) is 2. The fourth-order valence-corrected chi connectivity index (χ4v) is 0.964. The molecule has 0 fully saturated rings. The molecule has 7 heteroatoms. The lowest BCUT2D eigenvalue weighted by Gasteiger charge is -2.21. The lowest BCUT2D eigenvalue weighted by molar-refractivity contribution is -0.135. The molecule has 0 aromatic carbocycles. The van der Waals surface area contributed by atoms with Crippen LogP contribution < -0.4 is 5.32 Å². The van der Waals surface area contributed by atoms with E-state index in [4.69, 9.17) is 15.1 Å². The fourth-order valence-electron chi connectivity index (χ4n) is 0.964. The first kappa shape index (κ1) is 14.2. The van der Waals surface area contributed by atoms with Gasteiger partial charge in [-0.25, -0.2) is 4.79 Å². The smallest absolute Gasteiger partial charge is 0.323 e. The van der Waals surface area contributed by atoms with E-state index in [1.807, 2.05) is 6.07 Å². The van der Waals surface area contributed by atoms with Crippen LogP contribution in [0.15, 0.2) is 0 Å². The normalized spacial score (nSPS) is 9.25. The molecule has 0 bridgehead atoms. The van der Waals surface area contributed by atoms with E-state index in [2.05, 4.69) is 5.32 Å². The summed E-state index contributed by atoms with van der Waals surface area (Å²) in [6.07, 6.45) is 0.199. The summed E-state index contributed by atoms with van der Waals surface area (Å²) in [6, 6.07) is 1.41. The van der Waals surface area contributed by atoms with E-state index >= 15 is 0 Å². The third-order valence-corrected chi connectivity index (χ3v) is 1.74. The molecule has 0 aromatic rings. The van der Waals surface area contributed by atoms with Crippen LogP contribution >= 0.6 is 0 Å². The maximum atomic E-state index is 11.4. The highest BCUT2D eigenvalue weighted by Crippen LogP contribution is 1.92. The lowest BCUT2D eigenvalue weighted by atomic mass is 10.4. The Morgan fingerprint density at radius 1 is 1.50 bits per heavy atom. The van der Waals surface area contributed by atoms with Crippen LogP contribution in [0.3, 0.4) is 0 Å². The van der Waals surface area contributed by atoms with Crippen molar-refractivity contribution < 1.29 is 19.4 Å². The average Bonchev–Trinajstić information content (AvgIpc) is 2.26. The summed E-state index contributed by atoms with van der Waals surface area (Å²) in [4.78, 5) is 23.0. The molecule has 90 valence electrons. The number of ether oxygens (including phenoxy) is 1. The van der Waals surface area contributed by atoms with Crippen LogP contribution in [0.2, 0.25) is 0 Å². The zero-order valence-electron chi connectivity index (χ0n) is 9.10. The van der Waals surface area contributed by atoms with Crippen molar-refractivity contribution >= 4 is 12.0 Å². The molecule has 0 aliphatic carbocycles. The van der Waals surface area contributed by atoms with Crippen molar-refractivity contribution in [3.05, 3.63) is 0 Å². The SMILES string of the molecule is COCCN(CCC#N)C(=O)NCC(=O)O. The van der Waals surface area contributed by atoms with Crippen molar-refractivity contribution in [2.24, 2.45) is 0 Å². The predicted molar refractivity (Wildman–Crippen MR) is 54.7 cm³/mol. The summed E-state index contributed by atoms with van der Waals surface area (Å²) < 4.78 is 4.81. The van der Waals surface area contributed by atoms with Gasteiger partial charge in [-0.3, -0.25) is 4.79 Å². The highest BCUT2D eigenvalue weighted by Gasteiger charge is 2.13. The number of nitriles is 1. The predicted octanol–water partition coefficient (Wildman–Crippen LogP) is -0.357. The van der Waals surface area contributed by atoms with Crippen molar-refractivity contribution in [3.8, 4) is 6.07 Å². The molecule has 0 radical (unpaired) electrons. The Balaban J connectivity index is 4.09. The Morgan fingerprint density at radius 3 is 2.69 bits per heavy atom. The Kier molecular flexibility index (Phi) is 7.53. The zero-order valence-corrected chi connectivity index (χ0v) is 9.10. The molecular weight excluding hydrogens is 214 g/mol. The maximum absolute atomic E-state index is 11.4. The molecule has 0 unspecified atom stereocenters. The quantitative estimate of drug-likeness (QED) is 0.620. The van der Waals surface area contributed by atoms with E-state index in [9.17, 15) is 9.59 Å². The van der Waals surface area contributed by atoms with Crippen LogP contribution in [0.5, 0.6) is 0 Å². The maximum Gasteiger partial charge on any atom is 0.323 e. The highest BCUT2D eigenvalue weighted by atomic mass is 16.5. The van der Waals surface area contributed by atoms with E-state index in [0.29, 0.717) is 13.2 Å². The van der Waals surface area contributed by atoms with Gasteiger partial charge in [0.05, 0.1) is 19.1 Å². The van der Waals surface area contributed by atoms with Gasteiger partial charge in [0.1, 0.15) is 6.54 Å². The first-order valence-corrected chi connectivity index (χ1v) is 4.72. The molecule has 0 spiro atoms. The first-order valence-electron chi connectivity index (χ1n) is 4.72. The standard InChI is InChI=1S/C9H15N3O4/c1-16-6-5-12(4-2-3-10)9(15)11-7-8(13)14/h2,4-7H2,1H3,(H,11,15)(H,13,14). The van der Waals surface area contributed by atoms with Gasteiger partial charge in [0.15, 0.2) is 0 Å². The van der Waals surface area contributed by atoms with Gasteiger partial charge < -0.3 is 20.1 Å². The van der Waals surface area contributed by atoms with Gasteiger partial charge in [0.2, 0.25) is 0 Å². The van der Waals surface area contributed by atoms with Crippen molar-refractivity contribution in [2.45, 2.75) is 6.42 Å². The molecule has 0 aromatic heterocycles. The Hall–Kier alpha value is -1.81. The number of amides is 2. The molecule has 0 aliphatic heterocycles. The number of carbonyl (C=O) groups is 2. The summed E-state index contributed by atoms with van der Waals surface area (Å²) in [7, 11) is 1.50. The molecule has 0 aliphatic rings. The van der Waals surface area contributed by atoms with Crippen LogP contribution in [-0.4, -0.2) is 55.4 Å². The molecule has 0 atom stereocenters. The molecule has 16 heavy (non-hydrogen) atoms. The van der Waals surface area contributed by atoms with E-state index in [0.717, 1.165) is 0 Å². The molecule has 0 saturated carbocycles. The summed E-state index contributed by atoms with van der Waals surface area (Å²) in [5.41, 5.74) is 0. The Labute approximate surface area is 93.6 Å². The number of carbonyl (C=O) groups excluding carboxylic acids is 1. The topological polar surface area (TPSA) is 103 Å². The molecule has 2 amide bonds. The summed E-state index contributed by atoms with van der Waals surface area (Å²) in [5.74, 6) is -1.11. The van der Waals surface area contributed by atoms with Gasteiger partial charge in [-0.1, -0.05) is 0 Å². The number of urea groups is 1.